The number of aryl methyl sites for hydroxylation is 1. The maximum atomic E-state index is 13.5. The smallest absolute Gasteiger partial charge is 0.328 e. The molecule has 0 unspecified atom stereocenters. The van der Waals surface area contributed by atoms with Crippen molar-refractivity contribution in [1.29, 1.82) is 0 Å². The first-order valence-electron chi connectivity index (χ1n) is 18.8. The molecule has 4 heterocycles. The van der Waals surface area contributed by atoms with Crippen molar-refractivity contribution in [2.45, 2.75) is 89.6 Å². The Kier molecular flexibility index (Phi) is 11.0. The number of unbranched alkanes of at least 4 members (excludes halogenated alkanes) is 1. The number of aromatic nitrogens is 2. The molecule has 278 valence electrons. The van der Waals surface area contributed by atoms with E-state index in [-0.39, 0.29) is 48.7 Å². The first-order valence-corrected chi connectivity index (χ1v) is 18.8. The molecular formula is C41H47N5O7. The third-order valence-corrected chi connectivity index (χ3v) is 10.6. The molecule has 7 rings (SSSR count). The highest BCUT2D eigenvalue weighted by Crippen LogP contribution is 2.33. The van der Waals surface area contributed by atoms with Crippen LogP contribution >= 0.6 is 0 Å². The fourth-order valence-corrected chi connectivity index (χ4v) is 7.63. The van der Waals surface area contributed by atoms with Crippen LogP contribution in [-0.4, -0.2) is 77.4 Å². The number of methoxy groups -OCH3 is 1. The molecule has 2 aromatic carbocycles. The number of nitrogens with one attached hydrogen (secondary N) is 1. The first kappa shape index (κ1) is 36.1. The van der Waals surface area contributed by atoms with Crippen LogP contribution in [0.15, 0.2) is 71.9 Å². The Balaban J connectivity index is 0.893. The minimum Gasteiger partial charge on any atom is -0.495 e. The molecule has 12 nitrogen and oxygen atoms in total. The SMILES string of the molecule is CCCCn1cc(-c2ccc(O[C@H]3CC[C@@H](OC4CCN(C(=O)c5ccc(OC)c(N6CCC(=O)NC6=O)c5)CC4)CC3)cc2)c2ccncc2c1=O. The van der Waals surface area contributed by atoms with Crippen molar-refractivity contribution < 1.29 is 28.6 Å². The number of hydrogen-bond acceptors (Lipinski definition) is 8. The third-order valence-electron chi connectivity index (χ3n) is 10.6. The van der Waals surface area contributed by atoms with Gasteiger partial charge >= 0.3 is 6.03 Å². The van der Waals surface area contributed by atoms with E-state index in [0.29, 0.717) is 42.0 Å². The molecule has 2 aliphatic heterocycles. The summed E-state index contributed by atoms with van der Waals surface area (Å²) in [6.07, 6.45) is 13.1. The fraction of sp³-hybridized carbons (Fsp3) is 0.439. The van der Waals surface area contributed by atoms with Crippen LogP contribution in [0.3, 0.4) is 0 Å². The van der Waals surface area contributed by atoms with Crippen LogP contribution in [0.25, 0.3) is 21.9 Å². The number of amides is 4. The highest BCUT2D eigenvalue weighted by molar-refractivity contribution is 6.07. The molecule has 2 aromatic heterocycles. The number of hydrogen-bond donors (Lipinski definition) is 1. The van der Waals surface area contributed by atoms with E-state index in [4.69, 9.17) is 14.2 Å². The molecule has 0 spiro atoms. The monoisotopic (exact) mass is 721 g/mol. The zero-order chi connectivity index (χ0) is 36.9. The van der Waals surface area contributed by atoms with Crippen LogP contribution in [0, 0.1) is 0 Å². The number of rotatable bonds is 11. The molecule has 53 heavy (non-hydrogen) atoms. The molecule has 0 bridgehead atoms. The maximum absolute atomic E-state index is 13.5. The van der Waals surface area contributed by atoms with Crippen molar-refractivity contribution in [3.63, 3.8) is 0 Å². The van der Waals surface area contributed by atoms with Crippen LogP contribution in [0.1, 0.15) is 75.1 Å². The summed E-state index contributed by atoms with van der Waals surface area (Å²) in [7, 11) is 1.51. The van der Waals surface area contributed by atoms with Gasteiger partial charge in [-0.05, 0) is 92.3 Å². The minimum atomic E-state index is -0.524. The molecule has 1 saturated carbocycles. The van der Waals surface area contributed by atoms with Crippen LogP contribution in [0.2, 0.25) is 0 Å². The predicted molar refractivity (Wildman–Crippen MR) is 202 cm³/mol. The molecule has 0 radical (unpaired) electrons. The summed E-state index contributed by atoms with van der Waals surface area (Å²) >= 11 is 0. The molecule has 1 N–H and O–H groups in total. The van der Waals surface area contributed by atoms with Gasteiger partial charge in [-0.15, -0.1) is 0 Å². The van der Waals surface area contributed by atoms with Crippen molar-refractivity contribution in [2.24, 2.45) is 0 Å². The Morgan fingerprint density at radius 1 is 0.887 bits per heavy atom. The largest absolute Gasteiger partial charge is 0.495 e. The second-order valence-corrected chi connectivity index (χ2v) is 14.1. The second kappa shape index (κ2) is 16.2. The van der Waals surface area contributed by atoms with E-state index in [1.165, 1.54) is 12.0 Å². The van der Waals surface area contributed by atoms with E-state index < -0.39 is 6.03 Å². The summed E-state index contributed by atoms with van der Waals surface area (Å²) < 4.78 is 20.2. The number of anilines is 1. The number of carbonyl (C=O) groups is 3. The number of benzene rings is 2. The lowest BCUT2D eigenvalue weighted by molar-refractivity contribution is -0.120. The van der Waals surface area contributed by atoms with Crippen LogP contribution in [0.5, 0.6) is 11.5 Å². The van der Waals surface area contributed by atoms with Gasteiger partial charge in [-0.1, -0.05) is 25.5 Å². The lowest BCUT2D eigenvalue weighted by Gasteiger charge is -2.36. The Bertz CT molecular complexity index is 2010. The molecule has 4 amide bonds. The number of piperidine rings is 1. The average molecular weight is 722 g/mol. The number of urea groups is 1. The van der Waals surface area contributed by atoms with Gasteiger partial charge in [0.05, 0.1) is 36.5 Å². The maximum Gasteiger partial charge on any atom is 0.328 e. The van der Waals surface area contributed by atoms with Crippen LogP contribution in [-0.2, 0) is 16.1 Å². The number of pyridine rings is 2. The summed E-state index contributed by atoms with van der Waals surface area (Å²) in [5.41, 5.74) is 2.97. The van der Waals surface area contributed by atoms with Crippen molar-refractivity contribution in [3.8, 4) is 22.6 Å². The van der Waals surface area contributed by atoms with Crippen LogP contribution in [0.4, 0.5) is 10.5 Å². The van der Waals surface area contributed by atoms with Gasteiger partial charge in [-0.2, -0.15) is 0 Å². The Morgan fingerprint density at radius 2 is 1.62 bits per heavy atom. The van der Waals surface area contributed by atoms with Gasteiger partial charge in [0, 0.05) is 62.3 Å². The summed E-state index contributed by atoms with van der Waals surface area (Å²) in [5.74, 6) is 0.869. The summed E-state index contributed by atoms with van der Waals surface area (Å²) in [6.45, 7) is 4.20. The van der Waals surface area contributed by atoms with E-state index in [2.05, 4.69) is 29.4 Å². The zero-order valence-corrected chi connectivity index (χ0v) is 30.4. The van der Waals surface area contributed by atoms with Gasteiger partial charge in [0.15, 0.2) is 0 Å². The summed E-state index contributed by atoms with van der Waals surface area (Å²) in [6, 6.07) is 14.6. The van der Waals surface area contributed by atoms with Gasteiger partial charge in [-0.25, -0.2) is 4.79 Å². The lowest BCUT2D eigenvalue weighted by Crippen LogP contribution is -2.49. The van der Waals surface area contributed by atoms with Crippen molar-refractivity contribution in [3.05, 3.63) is 83.0 Å². The van der Waals surface area contributed by atoms with E-state index in [9.17, 15) is 19.2 Å². The molecule has 4 aromatic rings. The highest BCUT2D eigenvalue weighted by atomic mass is 16.5. The molecule has 2 saturated heterocycles. The molecular weight excluding hydrogens is 674 g/mol. The second-order valence-electron chi connectivity index (χ2n) is 14.1. The van der Waals surface area contributed by atoms with Crippen molar-refractivity contribution in [2.75, 3.05) is 31.6 Å². The van der Waals surface area contributed by atoms with E-state index in [0.717, 1.165) is 73.6 Å². The zero-order valence-electron chi connectivity index (χ0n) is 30.4. The van der Waals surface area contributed by atoms with Crippen molar-refractivity contribution in [1.82, 2.24) is 19.8 Å². The van der Waals surface area contributed by atoms with Gasteiger partial charge in [0.2, 0.25) is 5.91 Å². The quantitative estimate of drug-likeness (QED) is 0.190. The Labute approximate surface area is 309 Å². The van der Waals surface area contributed by atoms with Gasteiger partial charge in [0.25, 0.3) is 11.5 Å². The standard InChI is InChI=1S/C41H47N5O7/c1-3-4-20-45-26-35(33-15-19-42-25-34(33)40(45)49)27-5-8-29(9-6-27)52-30-10-12-31(13-11-30)53-32-16-21-44(22-17-32)39(48)28-7-14-37(51-2)36(24-28)46-23-18-38(47)43-41(46)50/h5-9,14-15,19,24-26,30-32H,3-4,10-13,16-18,20-23H2,1-2H3,(H,43,47,50)/t30-,31+. The van der Waals surface area contributed by atoms with Gasteiger partial charge in [-0.3, -0.25) is 29.6 Å². The van der Waals surface area contributed by atoms with E-state index in [1.54, 1.807) is 35.2 Å². The summed E-state index contributed by atoms with van der Waals surface area (Å²) in [5, 5.41) is 3.86. The Morgan fingerprint density at radius 3 is 2.34 bits per heavy atom. The topological polar surface area (TPSA) is 132 Å². The lowest BCUT2D eigenvalue weighted by atomic mass is 9.94. The molecule has 3 fully saturated rings. The third kappa shape index (κ3) is 8.07. The van der Waals surface area contributed by atoms with E-state index >= 15 is 0 Å². The fourth-order valence-electron chi connectivity index (χ4n) is 7.63. The molecule has 1 aliphatic carbocycles. The number of likely N-dealkylation sites (tertiary alicyclic amines) is 1. The Hall–Kier alpha value is -5.23. The van der Waals surface area contributed by atoms with Crippen LogP contribution < -0.4 is 25.2 Å². The molecule has 12 heteroatoms. The summed E-state index contributed by atoms with van der Waals surface area (Å²) in [4.78, 5) is 58.2. The average Bonchev–Trinajstić information content (AvgIpc) is 3.19. The molecule has 3 aliphatic rings. The van der Waals surface area contributed by atoms with Gasteiger partial charge < -0.3 is 23.7 Å². The number of carbonyl (C=O) groups excluding carboxylic acids is 3. The number of ether oxygens (including phenoxy) is 3. The minimum absolute atomic E-state index is 0.00257. The number of imide groups is 1. The molecule has 0 atom stereocenters. The number of nitrogens with zero attached hydrogens (tertiary/aromatic N) is 4. The first-order chi connectivity index (χ1) is 25.8. The normalized spacial score (nSPS) is 19.7. The highest BCUT2D eigenvalue weighted by Gasteiger charge is 2.31. The van der Waals surface area contributed by atoms with Crippen molar-refractivity contribution >= 4 is 34.3 Å². The predicted octanol–water partition coefficient (Wildman–Crippen LogP) is 6.33. The number of fused-ring (bicyclic) bond motifs is 1. The van der Waals surface area contributed by atoms with Gasteiger partial charge in [0.1, 0.15) is 11.5 Å². The van der Waals surface area contributed by atoms with E-state index in [1.807, 2.05) is 29.3 Å².